The van der Waals surface area contributed by atoms with E-state index in [1.807, 2.05) is 0 Å². The Morgan fingerprint density at radius 1 is 1.50 bits per heavy atom. The van der Waals surface area contributed by atoms with Crippen LogP contribution in [0, 0.1) is 12.8 Å². The molecule has 1 aliphatic rings. The molecule has 1 aliphatic heterocycles. The van der Waals surface area contributed by atoms with Crippen molar-refractivity contribution < 1.29 is 4.74 Å². The fraction of sp³-hybridized carbons (Fsp3) is 0.500. The van der Waals surface area contributed by atoms with Gasteiger partial charge in [0.1, 0.15) is 0 Å². The number of hydrogen-bond acceptors (Lipinski definition) is 4. The van der Waals surface area contributed by atoms with Gasteiger partial charge in [-0.05, 0) is 38.5 Å². The van der Waals surface area contributed by atoms with Crippen LogP contribution in [0.1, 0.15) is 18.4 Å². The van der Waals surface area contributed by atoms with E-state index in [9.17, 15) is 0 Å². The SMILES string of the molecule is Cc1nc2ccc(NC(C)C3CCOC3)cc2s1. The molecule has 0 bridgehead atoms. The normalized spacial score (nSPS) is 21.3. The van der Waals surface area contributed by atoms with Crippen molar-refractivity contribution >= 4 is 27.2 Å². The summed E-state index contributed by atoms with van der Waals surface area (Å²) in [6.07, 6.45) is 1.16. The minimum atomic E-state index is 0.457. The van der Waals surface area contributed by atoms with Crippen LogP contribution in [-0.2, 0) is 4.74 Å². The number of ether oxygens (including phenoxy) is 1. The topological polar surface area (TPSA) is 34.2 Å². The summed E-state index contributed by atoms with van der Waals surface area (Å²) < 4.78 is 6.70. The fourth-order valence-corrected chi connectivity index (χ4v) is 3.32. The average Bonchev–Trinajstić information content (AvgIpc) is 2.95. The van der Waals surface area contributed by atoms with Crippen molar-refractivity contribution in [3.05, 3.63) is 23.2 Å². The Bertz CT molecular complexity index is 546. The second-order valence-corrected chi connectivity index (χ2v) is 6.21. The molecule has 1 fully saturated rings. The molecule has 2 atom stereocenters. The lowest BCUT2D eigenvalue weighted by Crippen LogP contribution is -2.25. The highest BCUT2D eigenvalue weighted by Crippen LogP contribution is 2.26. The van der Waals surface area contributed by atoms with E-state index in [1.165, 1.54) is 10.4 Å². The second-order valence-electron chi connectivity index (χ2n) is 4.97. The average molecular weight is 262 g/mol. The van der Waals surface area contributed by atoms with Gasteiger partial charge in [0.2, 0.25) is 0 Å². The molecule has 0 spiro atoms. The Morgan fingerprint density at radius 2 is 2.39 bits per heavy atom. The van der Waals surface area contributed by atoms with Gasteiger partial charge in [-0.3, -0.25) is 0 Å². The van der Waals surface area contributed by atoms with Gasteiger partial charge in [-0.2, -0.15) is 0 Å². The Morgan fingerprint density at radius 3 is 3.17 bits per heavy atom. The number of nitrogens with zero attached hydrogens (tertiary/aromatic N) is 1. The van der Waals surface area contributed by atoms with Gasteiger partial charge < -0.3 is 10.1 Å². The quantitative estimate of drug-likeness (QED) is 0.920. The maximum atomic E-state index is 5.44. The van der Waals surface area contributed by atoms with E-state index in [-0.39, 0.29) is 0 Å². The van der Waals surface area contributed by atoms with Crippen molar-refractivity contribution in [3.63, 3.8) is 0 Å². The summed E-state index contributed by atoms with van der Waals surface area (Å²) in [5, 5.41) is 4.71. The van der Waals surface area contributed by atoms with E-state index >= 15 is 0 Å². The summed E-state index contributed by atoms with van der Waals surface area (Å²) in [5.74, 6) is 0.629. The van der Waals surface area contributed by atoms with E-state index in [0.29, 0.717) is 12.0 Å². The van der Waals surface area contributed by atoms with Crippen LogP contribution in [-0.4, -0.2) is 24.2 Å². The summed E-state index contributed by atoms with van der Waals surface area (Å²) >= 11 is 1.75. The first-order valence-electron chi connectivity index (χ1n) is 6.44. The van der Waals surface area contributed by atoms with Crippen molar-refractivity contribution in [2.75, 3.05) is 18.5 Å². The smallest absolute Gasteiger partial charge is 0.0907 e. The predicted molar refractivity (Wildman–Crippen MR) is 76.4 cm³/mol. The third-order valence-corrected chi connectivity index (χ3v) is 4.50. The number of rotatable bonds is 3. The lowest BCUT2D eigenvalue weighted by atomic mass is 10.0. The molecule has 18 heavy (non-hydrogen) atoms. The molecule has 2 heterocycles. The Hall–Kier alpha value is -1.13. The highest BCUT2D eigenvalue weighted by atomic mass is 32.1. The molecule has 0 radical (unpaired) electrons. The standard InChI is InChI=1S/C14H18N2OS/c1-9(11-5-6-17-8-11)15-12-3-4-13-14(7-12)18-10(2)16-13/h3-4,7,9,11,15H,5-6,8H2,1-2H3. The number of anilines is 1. The van der Waals surface area contributed by atoms with E-state index in [2.05, 4.69) is 42.3 Å². The minimum Gasteiger partial charge on any atom is -0.382 e. The van der Waals surface area contributed by atoms with Gasteiger partial charge >= 0.3 is 0 Å². The van der Waals surface area contributed by atoms with Crippen molar-refractivity contribution in [2.24, 2.45) is 5.92 Å². The van der Waals surface area contributed by atoms with Crippen LogP contribution in [0.2, 0.25) is 0 Å². The Balaban J connectivity index is 1.77. The van der Waals surface area contributed by atoms with Crippen LogP contribution in [0.25, 0.3) is 10.2 Å². The maximum Gasteiger partial charge on any atom is 0.0907 e. The van der Waals surface area contributed by atoms with Crippen LogP contribution in [0.4, 0.5) is 5.69 Å². The number of thiazole rings is 1. The van der Waals surface area contributed by atoms with Gasteiger partial charge in [-0.1, -0.05) is 0 Å². The molecule has 0 aliphatic carbocycles. The van der Waals surface area contributed by atoms with Crippen LogP contribution in [0.5, 0.6) is 0 Å². The summed E-state index contributed by atoms with van der Waals surface area (Å²) in [6, 6.07) is 6.87. The van der Waals surface area contributed by atoms with Gasteiger partial charge in [0, 0.05) is 24.3 Å². The molecule has 1 aromatic carbocycles. The highest BCUT2D eigenvalue weighted by molar-refractivity contribution is 7.18. The largest absolute Gasteiger partial charge is 0.382 e. The molecule has 4 heteroatoms. The second kappa shape index (κ2) is 4.86. The van der Waals surface area contributed by atoms with Crippen LogP contribution in [0.15, 0.2) is 18.2 Å². The van der Waals surface area contributed by atoms with Gasteiger partial charge in [0.15, 0.2) is 0 Å². The lowest BCUT2D eigenvalue weighted by molar-refractivity contribution is 0.183. The minimum absolute atomic E-state index is 0.457. The highest BCUT2D eigenvalue weighted by Gasteiger charge is 2.22. The molecule has 2 unspecified atom stereocenters. The third-order valence-electron chi connectivity index (χ3n) is 3.56. The summed E-state index contributed by atoms with van der Waals surface area (Å²) in [5.41, 5.74) is 2.28. The number of hydrogen-bond donors (Lipinski definition) is 1. The first-order valence-corrected chi connectivity index (χ1v) is 7.25. The molecular formula is C14H18N2OS. The van der Waals surface area contributed by atoms with Crippen LogP contribution >= 0.6 is 11.3 Å². The molecule has 2 aromatic rings. The molecular weight excluding hydrogens is 244 g/mol. The molecule has 0 amide bonds. The van der Waals surface area contributed by atoms with Crippen LogP contribution < -0.4 is 5.32 Å². The number of nitrogens with one attached hydrogen (secondary N) is 1. The van der Waals surface area contributed by atoms with E-state index < -0.39 is 0 Å². The van der Waals surface area contributed by atoms with Crippen molar-refractivity contribution in [2.45, 2.75) is 26.3 Å². The Labute approximate surface area is 111 Å². The zero-order valence-electron chi connectivity index (χ0n) is 10.8. The van der Waals surface area contributed by atoms with Crippen molar-refractivity contribution in [1.82, 2.24) is 4.98 Å². The van der Waals surface area contributed by atoms with E-state index in [0.717, 1.165) is 30.2 Å². The van der Waals surface area contributed by atoms with Crippen molar-refractivity contribution in [1.29, 1.82) is 0 Å². The number of aromatic nitrogens is 1. The van der Waals surface area contributed by atoms with Gasteiger partial charge in [0.25, 0.3) is 0 Å². The summed E-state index contributed by atoms with van der Waals surface area (Å²) in [4.78, 5) is 4.48. The van der Waals surface area contributed by atoms with Gasteiger partial charge in [0.05, 0.1) is 21.8 Å². The molecule has 1 saturated heterocycles. The third kappa shape index (κ3) is 2.35. The summed E-state index contributed by atoms with van der Waals surface area (Å²) in [7, 11) is 0. The first kappa shape index (κ1) is 11.9. The fourth-order valence-electron chi connectivity index (χ4n) is 2.46. The molecule has 3 rings (SSSR count). The number of fused-ring (bicyclic) bond motifs is 1. The number of aryl methyl sites for hydroxylation is 1. The molecule has 1 N–H and O–H groups in total. The molecule has 96 valence electrons. The van der Waals surface area contributed by atoms with Gasteiger partial charge in [-0.25, -0.2) is 4.98 Å². The van der Waals surface area contributed by atoms with E-state index in [4.69, 9.17) is 4.74 Å². The lowest BCUT2D eigenvalue weighted by Gasteiger charge is -2.20. The molecule has 1 aromatic heterocycles. The van der Waals surface area contributed by atoms with Crippen molar-refractivity contribution in [3.8, 4) is 0 Å². The number of benzene rings is 1. The zero-order valence-corrected chi connectivity index (χ0v) is 11.6. The zero-order chi connectivity index (χ0) is 12.5. The molecule has 0 saturated carbocycles. The first-order chi connectivity index (χ1) is 8.72. The Kier molecular flexibility index (Phi) is 3.22. The maximum absolute atomic E-state index is 5.44. The van der Waals surface area contributed by atoms with Crippen LogP contribution in [0.3, 0.4) is 0 Å². The summed E-state index contributed by atoms with van der Waals surface area (Å²) in [6.45, 7) is 6.08. The van der Waals surface area contributed by atoms with E-state index in [1.54, 1.807) is 11.3 Å². The molecule has 3 nitrogen and oxygen atoms in total. The predicted octanol–water partition coefficient (Wildman–Crippen LogP) is 3.44. The monoisotopic (exact) mass is 262 g/mol. The van der Waals surface area contributed by atoms with Gasteiger partial charge in [-0.15, -0.1) is 11.3 Å².